The summed E-state index contributed by atoms with van der Waals surface area (Å²) in [5.74, 6) is -0.530. The van der Waals surface area contributed by atoms with E-state index in [1.807, 2.05) is 43.3 Å². The molecule has 4 rings (SSSR count). The largest absolute Gasteiger partial charge is 0.481 e. The number of benzene rings is 1. The van der Waals surface area contributed by atoms with Crippen molar-refractivity contribution in [2.45, 2.75) is 19.8 Å². The minimum atomic E-state index is -0.790. The van der Waals surface area contributed by atoms with Crippen LogP contribution >= 0.6 is 11.3 Å². The lowest BCUT2D eigenvalue weighted by atomic mass is 10.0. The van der Waals surface area contributed by atoms with Gasteiger partial charge < -0.3 is 14.8 Å². The normalized spacial score (nSPS) is 11.9. The summed E-state index contributed by atoms with van der Waals surface area (Å²) in [6, 6.07) is 11.8. The lowest BCUT2D eigenvalue weighted by Gasteiger charge is -2.11. The summed E-state index contributed by atoms with van der Waals surface area (Å²) in [7, 11) is 0. The smallest absolute Gasteiger partial charge is 0.308 e. The number of carboxylic acid groups (broad SMARTS) is 1. The number of aromatic nitrogens is 3. The number of hydrogen-bond donors (Lipinski definition) is 2. The first-order valence-electron chi connectivity index (χ1n) is 10.0. The molecular weight excluding hydrogens is 412 g/mol. The van der Waals surface area contributed by atoms with Gasteiger partial charge in [-0.3, -0.25) is 9.78 Å². The lowest BCUT2D eigenvalue weighted by Crippen LogP contribution is -2.22. The van der Waals surface area contributed by atoms with Gasteiger partial charge >= 0.3 is 5.97 Å². The van der Waals surface area contributed by atoms with Crippen LogP contribution in [-0.4, -0.2) is 32.6 Å². The Kier molecular flexibility index (Phi) is 6.37. The molecule has 0 bridgehead atoms. The maximum atomic E-state index is 11.5. The fourth-order valence-corrected chi connectivity index (χ4v) is 4.29. The van der Waals surface area contributed by atoms with E-state index in [1.165, 1.54) is 17.7 Å². The van der Waals surface area contributed by atoms with Gasteiger partial charge in [-0.1, -0.05) is 55.0 Å². The summed E-state index contributed by atoms with van der Waals surface area (Å²) in [6.07, 6.45) is 8.07. The van der Waals surface area contributed by atoms with Gasteiger partial charge in [0, 0.05) is 35.6 Å². The molecule has 1 aromatic carbocycles. The number of thiazole rings is 1. The first-order chi connectivity index (χ1) is 15.2. The Morgan fingerprint density at radius 3 is 2.58 bits per heavy atom. The van der Waals surface area contributed by atoms with E-state index in [1.54, 1.807) is 18.6 Å². The van der Waals surface area contributed by atoms with Gasteiger partial charge in [0.25, 0.3) is 0 Å². The summed E-state index contributed by atoms with van der Waals surface area (Å²) >= 11 is 1.50. The number of nitrogens with zero attached hydrogens (tertiary/aromatic N) is 3. The third-order valence-corrected chi connectivity index (χ3v) is 5.97. The van der Waals surface area contributed by atoms with E-state index < -0.39 is 11.9 Å². The maximum absolute atomic E-state index is 11.5. The van der Waals surface area contributed by atoms with Gasteiger partial charge in [-0.15, -0.1) is 0 Å². The van der Waals surface area contributed by atoms with Crippen LogP contribution in [-0.2, 0) is 4.79 Å². The zero-order chi connectivity index (χ0) is 21.6. The Labute approximate surface area is 183 Å². The number of carboxylic acids is 1. The molecule has 158 valence electrons. The van der Waals surface area contributed by atoms with E-state index in [4.69, 9.17) is 9.40 Å². The van der Waals surface area contributed by atoms with E-state index in [9.17, 15) is 9.90 Å². The molecule has 7 nitrogen and oxygen atoms in total. The van der Waals surface area contributed by atoms with E-state index >= 15 is 0 Å². The highest BCUT2D eigenvalue weighted by Crippen LogP contribution is 2.39. The first-order valence-corrected chi connectivity index (χ1v) is 10.8. The molecule has 1 unspecified atom stereocenters. The number of nitrogens with one attached hydrogen (secondary N) is 1. The number of carbonyl (C=O) groups is 1. The molecule has 0 fully saturated rings. The van der Waals surface area contributed by atoms with Crippen LogP contribution in [0.5, 0.6) is 0 Å². The predicted molar refractivity (Wildman–Crippen MR) is 121 cm³/mol. The Hall–Kier alpha value is -3.52. The lowest BCUT2D eigenvalue weighted by molar-refractivity contribution is -0.141. The third-order valence-electron chi connectivity index (χ3n) is 4.91. The van der Waals surface area contributed by atoms with Crippen LogP contribution in [0.25, 0.3) is 33.0 Å². The molecule has 0 saturated heterocycles. The van der Waals surface area contributed by atoms with Gasteiger partial charge in [0.15, 0.2) is 17.3 Å². The van der Waals surface area contributed by atoms with Gasteiger partial charge in [0.2, 0.25) is 0 Å². The van der Waals surface area contributed by atoms with Gasteiger partial charge in [-0.05, 0) is 12.5 Å². The molecule has 0 spiro atoms. The van der Waals surface area contributed by atoms with Crippen molar-refractivity contribution in [1.29, 1.82) is 0 Å². The van der Waals surface area contributed by atoms with Crippen molar-refractivity contribution < 1.29 is 14.3 Å². The Morgan fingerprint density at radius 1 is 1.13 bits per heavy atom. The standard InChI is InChI=1S/C23H22N4O3S/c1-2-4-18(22(28)29)12-26-23-27-20(21(31-23)17-5-3-10-24-11-17)16-8-6-15(7-9-16)19-13-25-14-30-19/h3,5-11,13-14,18H,2,4,12H2,1H3,(H,26,27)(H,28,29). The molecule has 0 aliphatic heterocycles. The monoisotopic (exact) mass is 434 g/mol. The van der Waals surface area contributed by atoms with E-state index in [0.29, 0.717) is 23.9 Å². The zero-order valence-electron chi connectivity index (χ0n) is 17.0. The van der Waals surface area contributed by atoms with Gasteiger partial charge in [-0.2, -0.15) is 0 Å². The summed E-state index contributed by atoms with van der Waals surface area (Å²) in [5.41, 5.74) is 3.68. The fourth-order valence-electron chi connectivity index (χ4n) is 3.31. The average molecular weight is 435 g/mol. The van der Waals surface area contributed by atoms with Crippen molar-refractivity contribution in [3.8, 4) is 33.0 Å². The van der Waals surface area contributed by atoms with Gasteiger partial charge in [0.1, 0.15) is 0 Å². The Morgan fingerprint density at radius 2 is 1.94 bits per heavy atom. The van der Waals surface area contributed by atoms with Crippen LogP contribution in [0.2, 0.25) is 0 Å². The molecule has 1 atom stereocenters. The molecule has 0 saturated carbocycles. The van der Waals surface area contributed by atoms with Crippen LogP contribution < -0.4 is 5.32 Å². The Balaban J connectivity index is 1.65. The number of hydrogen-bond acceptors (Lipinski definition) is 7. The number of rotatable bonds is 9. The van der Waals surface area contributed by atoms with Crippen LogP contribution in [0.4, 0.5) is 5.13 Å². The summed E-state index contributed by atoms with van der Waals surface area (Å²) < 4.78 is 5.36. The fraction of sp³-hybridized carbons (Fsp3) is 0.217. The number of oxazole rings is 1. The second-order valence-electron chi connectivity index (χ2n) is 7.09. The number of anilines is 1. The molecule has 4 aromatic rings. The van der Waals surface area contributed by atoms with Crippen LogP contribution in [0.15, 0.2) is 65.8 Å². The molecule has 0 radical (unpaired) electrons. The predicted octanol–water partition coefficient (Wildman–Crippen LogP) is 5.44. The molecule has 8 heteroatoms. The zero-order valence-corrected chi connectivity index (χ0v) is 17.8. The van der Waals surface area contributed by atoms with Gasteiger partial charge in [-0.25, -0.2) is 9.97 Å². The van der Waals surface area contributed by atoms with Crippen molar-refractivity contribution in [1.82, 2.24) is 15.0 Å². The Bertz CT molecular complexity index is 1130. The minimum Gasteiger partial charge on any atom is -0.481 e. The van der Waals surface area contributed by atoms with Gasteiger partial charge in [0.05, 0.1) is 22.7 Å². The van der Waals surface area contributed by atoms with Crippen molar-refractivity contribution in [2.75, 3.05) is 11.9 Å². The minimum absolute atomic E-state index is 0.340. The van der Waals surface area contributed by atoms with Crippen molar-refractivity contribution in [3.05, 3.63) is 61.4 Å². The van der Waals surface area contributed by atoms with E-state index in [2.05, 4.69) is 15.3 Å². The summed E-state index contributed by atoms with van der Waals surface area (Å²) in [4.78, 5) is 25.4. The molecule has 0 aliphatic rings. The topological polar surface area (TPSA) is 101 Å². The molecular formula is C23H22N4O3S. The van der Waals surface area contributed by atoms with Crippen molar-refractivity contribution >= 4 is 22.4 Å². The highest BCUT2D eigenvalue weighted by molar-refractivity contribution is 7.19. The van der Waals surface area contributed by atoms with Crippen LogP contribution in [0.1, 0.15) is 19.8 Å². The van der Waals surface area contributed by atoms with Crippen LogP contribution in [0, 0.1) is 5.92 Å². The summed E-state index contributed by atoms with van der Waals surface area (Å²) in [6.45, 7) is 2.33. The maximum Gasteiger partial charge on any atom is 0.308 e. The van der Waals surface area contributed by atoms with Crippen molar-refractivity contribution in [2.24, 2.45) is 5.92 Å². The molecule has 2 N–H and O–H groups in total. The second-order valence-corrected chi connectivity index (χ2v) is 8.09. The SMILES string of the molecule is CCCC(CNc1nc(-c2ccc(-c3cnco3)cc2)c(-c2cccnc2)s1)C(=O)O. The van der Waals surface area contributed by atoms with E-state index in [-0.39, 0.29) is 0 Å². The average Bonchev–Trinajstić information content (AvgIpc) is 3.48. The molecule has 3 aromatic heterocycles. The van der Waals surface area contributed by atoms with Crippen molar-refractivity contribution in [3.63, 3.8) is 0 Å². The van der Waals surface area contributed by atoms with E-state index in [0.717, 1.165) is 33.7 Å². The highest BCUT2D eigenvalue weighted by Gasteiger charge is 2.19. The molecule has 31 heavy (non-hydrogen) atoms. The van der Waals surface area contributed by atoms with Crippen LogP contribution in [0.3, 0.4) is 0 Å². The number of pyridine rings is 1. The number of aliphatic carboxylic acids is 1. The molecule has 0 amide bonds. The summed E-state index contributed by atoms with van der Waals surface area (Å²) in [5, 5.41) is 13.3. The highest BCUT2D eigenvalue weighted by atomic mass is 32.1. The first kappa shape index (κ1) is 20.7. The quantitative estimate of drug-likeness (QED) is 0.362. The molecule has 0 aliphatic carbocycles. The molecule has 3 heterocycles. The second kappa shape index (κ2) is 9.53. The third kappa shape index (κ3) is 4.80.